The molecule has 0 saturated carbocycles. The second-order valence-electron chi connectivity index (χ2n) is 2.07. The molecule has 0 aliphatic rings. The number of phosphoric ester groups is 1. The van der Waals surface area contributed by atoms with Gasteiger partial charge >= 0.3 is 7.82 Å². The first-order chi connectivity index (χ1) is 5.56. The van der Waals surface area contributed by atoms with Crippen molar-refractivity contribution >= 4 is 7.82 Å². The molecule has 0 atom stereocenters. The molecule has 12 heavy (non-hydrogen) atoms. The maximum Gasteiger partial charge on any atom is 0.469 e. The topological polar surface area (TPSA) is 88.0 Å². The average molecular weight is 199 g/mol. The molecule has 0 aromatic heterocycles. The summed E-state index contributed by atoms with van der Waals surface area (Å²) in [4.78, 5) is 16.5. The van der Waals surface area contributed by atoms with Gasteiger partial charge in [0.05, 0.1) is 13.2 Å². The molecule has 0 saturated heterocycles. The molecule has 0 heterocycles. The van der Waals surface area contributed by atoms with Crippen molar-refractivity contribution in [1.29, 1.82) is 0 Å². The van der Waals surface area contributed by atoms with E-state index in [1.165, 1.54) is 0 Å². The average Bonchev–Trinajstić information content (AvgIpc) is 1.94. The summed E-state index contributed by atoms with van der Waals surface area (Å²) >= 11 is 0. The van der Waals surface area contributed by atoms with Crippen molar-refractivity contribution < 1.29 is 23.6 Å². The normalized spacial score (nSPS) is 11.9. The third-order valence-electron chi connectivity index (χ3n) is 1.02. The highest BCUT2D eigenvalue weighted by Gasteiger charge is 2.11. The molecule has 0 spiro atoms. The lowest BCUT2D eigenvalue weighted by Gasteiger charge is -2.05. The van der Waals surface area contributed by atoms with Crippen LogP contribution in [0, 0.1) is 0 Å². The summed E-state index contributed by atoms with van der Waals surface area (Å²) in [5, 5.41) is 2.87. The van der Waals surface area contributed by atoms with Crippen LogP contribution in [0.2, 0.25) is 0 Å². The van der Waals surface area contributed by atoms with Crippen LogP contribution in [0.3, 0.4) is 0 Å². The van der Waals surface area contributed by atoms with Gasteiger partial charge < -0.3 is 19.8 Å². The monoisotopic (exact) mass is 199 g/mol. The fraction of sp³-hybridized carbons (Fsp3) is 1.00. The smallest absolute Gasteiger partial charge is 0.383 e. The molecule has 6 nitrogen and oxygen atoms in total. The van der Waals surface area contributed by atoms with Crippen LogP contribution in [0.1, 0.15) is 0 Å². The Hall–Kier alpha value is 0.0300. The fourth-order valence-electron chi connectivity index (χ4n) is 0.536. The first-order valence-electron chi connectivity index (χ1n) is 3.46. The molecule has 3 N–H and O–H groups in total. The molecule has 0 unspecified atom stereocenters. The maximum absolute atomic E-state index is 10.1. The Bertz CT molecular complexity index is 147. The first-order valence-corrected chi connectivity index (χ1v) is 4.99. The summed E-state index contributed by atoms with van der Waals surface area (Å²) in [5.74, 6) is 0. The summed E-state index contributed by atoms with van der Waals surface area (Å²) in [7, 11) is -2.72. The van der Waals surface area contributed by atoms with Gasteiger partial charge in [0, 0.05) is 20.2 Å². The lowest BCUT2D eigenvalue weighted by atomic mass is 10.6. The zero-order valence-electron chi connectivity index (χ0n) is 6.89. The molecule has 0 fully saturated rings. The second-order valence-corrected chi connectivity index (χ2v) is 3.31. The third kappa shape index (κ3) is 10.0. The van der Waals surface area contributed by atoms with Crippen LogP contribution in [-0.2, 0) is 13.8 Å². The largest absolute Gasteiger partial charge is 0.469 e. The van der Waals surface area contributed by atoms with Gasteiger partial charge in [-0.3, -0.25) is 4.52 Å². The van der Waals surface area contributed by atoms with E-state index in [0.717, 1.165) is 0 Å². The number of rotatable bonds is 7. The second kappa shape index (κ2) is 6.54. The predicted molar refractivity (Wildman–Crippen MR) is 42.7 cm³/mol. The Morgan fingerprint density at radius 2 is 1.92 bits per heavy atom. The highest BCUT2D eigenvalue weighted by Crippen LogP contribution is 2.34. The van der Waals surface area contributed by atoms with Crippen LogP contribution < -0.4 is 5.32 Å². The van der Waals surface area contributed by atoms with E-state index in [9.17, 15) is 4.57 Å². The van der Waals surface area contributed by atoms with Gasteiger partial charge in [0.25, 0.3) is 0 Å². The minimum atomic E-state index is -4.29. The minimum Gasteiger partial charge on any atom is -0.383 e. The van der Waals surface area contributed by atoms with E-state index in [2.05, 4.69) is 9.84 Å². The standard InChI is InChI=1S/C5H14NO5P/c1-10-4-2-6-3-5-11-12(7,8)9/h6H,2-5H2,1H3,(H2,7,8,9). The fourth-order valence-corrected chi connectivity index (χ4v) is 0.865. The van der Waals surface area contributed by atoms with E-state index >= 15 is 0 Å². The van der Waals surface area contributed by atoms with E-state index in [0.29, 0.717) is 19.7 Å². The summed E-state index contributed by atoms with van der Waals surface area (Å²) < 4.78 is 19.0. The number of hydrogen-bond donors (Lipinski definition) is 3. The SMILES string of the molecule is COCCNCCOP(=O)(O)O. The van der Waals surface area contributed by atoms with Gasteiger partial charge in [-0.1, -0.05) is 0 Å². The number of nitrogens with one attached hydrogen (secondary N) is 1. The Morgan fingerprint density at radius 3 is 2.42 bits per heavy atom. The van der Waals surface area contributed by atoms with Gasteiger partial charge in [-0.25, -0.2) is 4.57 Å². The first kappa shape index (κ1) is 12.0. The van der Waals surface area contributed by atoms with Gasteiger partial charge in [-0.15, -0.1) is 0 Å². The van der Waals surface area contributed by atoms with Crippen molar-refractivity contribution in [2.24, 2.45) is 0 Å². The molecule has 0 aliphatic heterocycles. The maximum atomic E-state index is 10.1. The van der Waals surface area contributed by atoms with E-state index in [1.807, 2.05) is 0 Å². The van der Waals surface area contributed by atoms with Gasteiger partial charge in [0.1, 0.15) is 0 Å². The van der Waals surface area contributed by atoms with Gasteiger partial charge in [-0.2, -0.15) is 0 Å². The van der Waals surface area contributed by atoms with E-state index in [-0.39, 0.29) is 6.61 Å². The van der Waals surface area contributed by atoms with Gasteiger partial charge in [-0.05, 0) is 0 Å². The van der Waals surface area contributed by atoms with Crippen LogP contribution in [0.15, 0.2) is 0 Å². The number of phosphoric acid groups is 1. The third-order valence-corrected chi connectivity index (χ3v) is 1.54. The number of methoxy groups -OCH3 is 1. The van der Waals surface area contributed by atoms with Crippen LogP contribution in [0.5, 0.6) is 0 Å². The molecule has 0 radical (unpaired) electrons. The highest BCUT2D eigenvalue weighted by molar-refractivity contribution is 7.46. The van der Waals surface area contributed by atoms with Crippen molar-refractivity contribution in [3.8, 4) is 0 Å². The summed E-state index contributed by atoms with van der Waals surface area (Å²) in [5.41, 5.74) is 0. The molecule has 0 bridgehead atoms. The Kier molecular flexibility index (Phi) is 6.55. The van der Waals surface area contributed by atoms with Crippen LogP contribution in [-0.4, -0.2) is 43.2 Å². The molecule has 7 heteroatoms. The minimum absolute atomic E-state index is 0.00596. The predicted octanol–water partition coefficient (Wildman–Crippen LogP) is -0.668. The van der Waals surface area contributed by atoms with E-state index < -0.39 is 7.82 Å². The van der Waals surface area contributed by atoms with Crippen molar-refractivity contribution in [3.63, 3.8) is 0 Å². The summed E-state index contributed by atoms with van der Waals surface area (Å²) in [6.45, 7) is 1.60. The Balaban J connectivity index is 3.06. The Morgan fingerprint density at radius 1 is 1.33 bits per heavy atom. The van der Waals surface area contributed by atoms with E-state index in [1.54, 1.807) is 7.11 Å². The zero-order valence-corrected chi connectivity index (χ0v) is 7.79. The molecule has 0 rings (SSSR count). The molecule has 0 amide bonds. The quantitative estimate of drug-likeness (QED) is 0.372. The zero-order chi connectivity index (χ0) is 9.45. The molecular formula is C5H14NO5P. The van der Waals surface area contributed by atoms with Crippen molar-refractivity contribution in [1.82, 2.24) is 5.32 Å². The molecule has 74 valence electrons. The van der Waals surface area contributed by atoms with Crippen LogP contribution >= 0.6 is 7.82 Å². The summed E-state index contributed by atoms with van der Waals surface area (Å²) in [6, 6.07) is 0. The Labute approximate surface area is 71.1 Å². The summed E-state index contributed by atoms with van der Waals surface area (Å²) in [6.07, 6.45) is 0. The van der Waals surface area contributed by atoms with Crippen molar-refractivity contribution in [2.45, 2.75) is 0 Å². The van der Waals surface area contributed by atoms with Gasteiger partial charge in [0.2, 0.25) is 0 Å². The highest BCUT2D eigenvalue weighted by atomic mass is 31.2. The molecule has 0 aliphatic carbocycles. The molecule has 0 aromatic carbocycles. The molecule has 0 aromatic rings. The van der Waals surface area contributed by atoms with Crippen LogP contribution in [0.25, 0.3) is 0 Å². The number of hydrogen-bond acceptors (Lipinski definition) is 4. The van der Waals surface area contributed by atoms with E-state index in [4.69, 9.17) is 14.5 Å². The van der Waals surface area contributed by atoms with Crippen molar-refractivity contribution in [2.75, 3.05) is 33.4 Å². The van der Waals surface area contributed by atoms with Crippen molar-refractivity contribution in [3.05, 3.63) is 0 Å². The van der Waals surface area contributed by atoms with Crippen LogP contribution in [0.4, 0.5) is 0 Å². The molecular weight excluding hydrogens is 185 g/mol. The van der Waals surface area contributed by atoms with Gasteiger partial charge in [0.15, 0.2) is 0 Å². The lowest BCUT2D eigenvalue weighted by molar-refractivity contribution is 0.184. The number of ether oxygens (including phenoxy) is 1. The lowest BCUT2D eigenvalue weighted by Crippen LogP contribution is -2.23.